The molecule has 6 heteroatoms. The van der Waals surface area contributed by atoms with Crippen LogP contribution in [0.3, 0.4) is 0 Å². The summed E-state index contributed by atoms with van der Waals surface area (Å²) in [4.78, 5) is 21.1. The number of halogens is 1. The number of aromatic nitrogens is 2. The molecule has 3 rings (SSSR count). The third kappa shape index (κ3) is 4.91. The number of hydrogen-bond donors (Lipinski definition) is 2. The molecule has 0 unspecified atom stereocenters. The monoisotopic (exact) mass is 378 g/mol. The molecular weight excluding hydrogens is 355 g/mol. The minimum atomic E-state index is -0.314. The zero-order valence-electron chi connectivity index (χ0n) is 16.2. The average molecular weight is 378 g/mol. The van der Waals surface area contributed by atoms with Gasteiger partial charge in [-0.15, -0.1) is 0 Å². The van der Waals surface area contributed by atoms with Gasteiger partial charge in [-0.3, -0.25) is 4.79 Å². The van der Waals surface area contributed by atoms with Crippen LogP contribution in [0.2, 0.25) is 0 Å². The molecule has 1 heterocycles. The van der Waals surface area contributed by atoms with E-state index in [9.17, 15) is 9.18 Å². The maximum Gasteiger partial charge on any atom is 0.270 e. The molecule has 1 aromatic heterocycles. The molecule has 2 N–H and O–H groups in total. The van der Waals surface area contributed by atoms with E-state index in [1.807, 2.05) is 32.0 Å². The Hall–Kier alpha value is -3.28. The van der Waals surface area contributed by atoms with E-state index in [1.165, 1.54) is 6.07 Å². The number of hydrogen-bond acceptors (Lipinski definition) is 4. The summed E-state index contributed by atoms with van der Waals surface area (Å²) in [6.45, 7) is 6.09. The van der Waals surface area contributed by atoms with E-state index in [-0.39, 0.29) is 17.4 Å². The van der Waals surface area contributed by atoms with Crippen molar-refractivity contribution in [1.82, 2.24) is 15.3 Å². The van der Waals surface area contributed by atoms with Crippen LogP contribution in [-0.4, -0.2) is 22.4 Å². The Labute approximate surface area is 164 Å². The third-order valence-corrected chi connectivity index (χ3v) is 4.36. The number of carbonyl (C=O) groups is 1. The summed E-state index contributed by atoms with van der Waals surface area (Å²) in [5.74, 6) is 0.468. The summed E-state index contributed by atoms with van der Waals surface area (Å²) in [7, 11) is 0. The van der Waals surface area contributed by atoms with E-state index in [2.05, 4.69) is 20.6 Å². The minimum Gasteiger partial charge on any atom is -0.350 e. The fourth-order valence-corrected chi connectivity index (χ4v) is 2.86. The maximum absolute atomic E-state index is 13.7. The Morgan fingerprint density at radius 3 is 2.61 bits per heavy atom. The summed E-state index contributed by atoms with van der Waals surface area (Å²) in [6, 6.07) is 14.3. The van der Waals surface area contributed by atoms with Crippen LogP contribution in [0.4, 0.5) is 15.9 Å². The lowest BCUT2D eigenvalue weighted by atomic mass is 10.1. The van der Waals surface area contributed by atoms with Gasteiger partial charge in [0.2, 0.25) is 0 Å². The third-order valence-electron chi connectivity index (χ3n) is 4.36. The van der Waals surface area contributed by atoms with Gasteiger partial charge in [0, 0.05) is 18.3 Å². The Morgan fingerprint density at radius 1 is 1.04 bits per heavy atom. The lowest BCUT2D eigenvalue weighted by molar-refractivity contribution is 0.0948. The van der Waals surface area contributed by atoms with Crippen LogP contribution in [0.15, 0.2) is 48.5 Å². The van der Waals surface area contributed by atoms with E-state index in [0.717, 1.165) is 16.8 Å². The van der Waals surface area contributed by atoms with Crippen LogP contribution >= 0.6 is 0 Å². The zero-order chi connectivity index (χ0) is 20.1. The van der Waals surface area contributed by atoms with Crippen LogP contribution in [0.1, 0.15) is 33.0 Å². The van der Waals surface area contributed by atoms with Crippen molar-refractivity contribution in [1.29, 1.82) is 0 Å². The molecule has 0 bridgehead atoms. The molecule has 0 fully saturated rings. The van der Waals surface area contributed by atoms with Crippen molar-refractivity contribution in [2.45, 2.75) is 27.2 Å². The van der Waals surface area contributed by atoms with Crippen molar-refractivity contribution in [2.75, 3.05) is 11.9 Å². The van der Waals surface area contributed by atoms with Gasteiger partial charge in [-0.2, -0.15) is 0 Å². The molecule has 0 atom stereocenters. The van der Waals surface area contributed by atoms with E-state index in [1.54, 1.807) is 31.2 Å². The average Bonchev–Trinajstić information content (AvgIpc) is 2.65. The lowest BCUT2D eigenvalue weighted by Gasteiger charge is -2.12. The summed E-state index contributed by atoms with van der Waals surface area (Å²) in [5.41, 5.74) is 3.99. The number of amides is 1. The topological polar surface area (TPSA) is 66.9 Å². The molecule has 0 aliphatic rings. The normalized spacial score (nSPS) is 10.6. The first-order valence-corrected chi connectivity index (χ1v) is 9.14. The number of rotatable bonds is 6. The van der Waals surface area contributed by atoms with Crippen molar-refractivity contribution >= 4 is 17.4 Å². The van der Waals surface area contributed by atoms with Gasteiger partial charge in [0.15, 0.2) is 0 Å². The molecule has 1 amide bonds. The van der Waals surface area contributed by atoms with Gasteiger partial charge in [0.05, 0.1) is 0 Å². The molecule has 3 aromatic rings. The Morgan fingerprint density at radius 2 is 1.82 bits per heavy atom. The highest BCUT2D eigenvalue weighted by Crippen LogP contribution is 2.21. The van der Waals surface area contributed by atoms with Crippen molar-refractivity contribution in [2.24, 2.45) is 0 Å². The van der Waals surface area contributed by atoms with E-state index < -0.39 is 0 Å². The summed E-state index contributed by atoms with van der Waals surface area (Å²) in [6.07, 6.45) is 0.413. The first-order chi connectivity index (χ1) is 13.4. The number of nitrogens with zero attached hydrogens (tertiary/aromatic N) is 2. The van der Waals surface area contributed by atoms with E-state index in [4.69, 9.17) is 0 Å². The number of anilines is 2. The van der Waals surface area contributed by atoms with Crippen LogP contribution in [-0.2, 0) is 6.42 Å². The molecule has 0 spiro atoms. The SMILES string of the molecule is Cc1ccc(C)c(Nc2cc(C(=O)NCCc3ccccc3F)nc(C)n2)c1. The first-order valence-electron chi connectivity index (χ1n) is 9.14. The fraction of sp³-hybridized carbons (Fsp3) is 0.227. The maximum atomic E-state index is 13.7. The molecule has 0 aliphatic heterocycles. The van der Waals surface area contributed by atoms with Crippen molar-refractivity contribution in [3.8, 4) is 0 Å². The van der Waals surface area contributed by atoms with Crippen LogP contribution in [0.25, 0.3) is 0 Å². The molecule has 5 nitrogen and oxygen atoms in total. The molecule has 2 aromatic carbocycles. The van der Waals surface area contributed by atoms with Gasteiger partial charge in [-0.05, 0) is 56.0 Å². The minimum absolute atomic E-state index is 0.269. The predicted molar refractivity (Wildman–Crippen MR) is 108 cm³/mol. The molecule has 0 saturated carbocycles. The van der Waals surface area contributed by atoms with Crippen molar-refractivity contribution < 1.29 is 9.18 Å². The number of aryl methyl sites for hydroxylation is 3. The molecule has 0 radical (unpaired) electrons. The van der Waals surface area contributed by atoms with E-state index >= 15 is 0 Å². The summed E-state index contributed by atoms with van der Waals surface area (Å²) in [5, 5.41) is 6.05. The number of carbonyl (C=O) groups excluding carboxylic acids is 1. The molecule has 0 saturated heterocycles. The highest BCUT2D eigenvalue weighted by Gasteiger charge is 2.11. The summed E-state index contributed by atoms with van der Waals surface area (Å²) >= 11 is 0. The Balaban J connectivity index is 1.69. The second kappa shape index (κ2) is 8.61. The standard InChI is InChI=1S/C22H23FN4O/c1-14-8-9-15(2)19(12-14)27-21-13-20(25-16(3)26-21)22(28)24-11-10-17-6-4-5-7-18(17)23/h4-9,12-13H,10-11H2,1-3H3,(H,24,28)(H,25,26,27). The predicted octanol–water partition coefficient (Wildman–Crippen LogP) is 4.26. The summed E-state index contributed by atoms with van der Waals surface area (Å²) < 4.78 is 13.7. The fourth-order valence-electron chi connectivity index (χ4n) is 2.86. The van der Waals surface area contributed by atoms with Crippen LogP contribution in [0, 0.1) is 26.6 Å². The van der Waals surface area contributed by atoms with E-state index in [0.29, 0.717) is 30.2 Å². The molecule has 0 aliphatic carbocycles. The highest BCUT2D eigenvalue weighted by atomic mass is 19.1. The van der Waals surface area contributed by atoms with Gasteiger partial charge < -0.3 is 10.6 Å². The van der Waals surface area contributed by atoms with Gasteiger partial charge in [-0.25, -0.2) is 14.4 Å². The zero-order valence-corrected chi connectivity index (χ0v) is 16.2. The molecule has 144 valence electrons. The van der Waals surface area contributed by atoms with Gasteiger partial charge in [0.1, 0.15) is 23.2 Å². The van der Waals surface area contributed by atoms with Gasteiger partial charge in [0.25, 0.3) is 5.91 Å². The first kappa shape index (κ1) is 19.5. The molecule has 28 heavy (non-hydrogen) atoms. The van der Waals surface area contributed by atoms with Gasteiger partial charge >= 0.3 is 0 Å². The van der Waals surface area contributed by atoms with Gasteiger partial charge in [-0.1, -0.05) is 30.3 Å². The van der Waals surface area contributed by atoms with Crippen molar-refractivity contribution in [3.05, 3.63) is 82.6 Å². The molecular formula is C22H23FN4O. The van der Waals surface area contributed by atoms with Crippen LogP contribution < -0.4 is 10.6 Å². The van der Waals surface area contributed by atoms with Crippen molar-refractivity contribution in [3.63, 3.8) is 0 Å². The second-order valence-corrected chi connectivity index (χ2v) is 6.73. The number of benzene rings is 2. The number of nitrogens with one attached hydrogen (secondary N) is 2. The second-order valence-electron chi connectivity index (χ2n) is 6.73. The highest BCUT2D eigenvalue weighted by molar-refractivity contribution is 5.93. The smallest absolute Gasteiger partial charge is 0.270 e. The van der Waals surface area contributed by atoms with Crippen LogP contribution in [0.5, 0.6) is 0 Å². The Bertz CT molecular complexity index is 1000. The largest absolute Gasteiger partial charge is 0.350 e. The lowest BCUT2D eigenvalue weighted by Crippen LogP contribution is -2.27. The Kier molecular flexibility index (Phi) is 5.99. The quantitative estimate of drug-likeness (QED) is 0.673.